The highest BCUT2D eigenvalue weighted by Gasteiger charge is 2.11. The highest BCUT2D eigenvalue weighted by molar-refractivity contribution is 6.30. The lowest BCUT2D eigenvalue weighted by atomic mass is 10.2. The monoisotopic (exact) mass is 389 g/mol. The average molecular weight is 390 g/mol. The second kappa shape index (κ2) is 7.62. The van der Waals surface area contributed by atoms with E-state index in [0.717, 1.165) is 22.2 Å². The third kappa shape index (κ3) is 3.77. The number of nitrogens with zero attached hydrogens (tertiary/aromatic N) is 3. The number of halogens is 1. The summed E-state index contributed by atoms with van der Waals surface area (Å²) in [4.78, 5) is 25.3. The zero-order valence-electron chi connectivity index (χ0n) is 15.0. The van der Waals surface area contributed by atoms with Crippen molar-refractivity contribution in [2.75, 3.05) is 10.6 Å². The molecule has 2 aromatic carbocycles. The number of hydrogen-bond donors (Lipinski definition) is 2. The normalized spacial score (nSPS) is 10.6. The first-order valence-electron chi connectivity index (χ1n) is 8.60. The zero-order valence-corrected chi connectivity index (χ0v) is 15.7. The molecule has 138 valence electrons. The largest absolute Gasteiger partial charge is 0.338 e. The van der Waals surface area contributed by atoms with Gasteiger partial charge in [0, 0.05) is 28.4 Å². The Labute approximate surface area is 166 Å². The molecule has 0 unspecified atom stereocenters. The van der Waals surface area contributed by atoms with Crippen molar-refractivity contribution >= 4 is 45.6 Å². The van der Waals surface area contributed by atoms with Crippen LogP contribution in [0.25, 0.3) is 10.9 Å². The molecule has 0 aliphatic rings. The minimum Gasteiger partial charge on any atom is -0.338 e. The Morgan fingerprint density at radius 3 is 2.68 bits per heavy atom. The van der Waals surface area contributed by atoms with Crippen LogP contribution in [0.3, 0.4) is 0 Å². The third-order valence-corrected chi connectivity index (χ3v) is 4.47. The molecule has 0 aliphatic carbocycles. The highest BCUT2D eigenvalue weighted by atomic mass is 35.5. The summed E-state index contributed by atoms with van der Waals surface area (Å²) < 4.78 is 0. The number of hydrogen-bond acceptors (Lipinski definition) is 5. The van der Waals surface area contributed by atoms with Crippen molar-refractivity contribution in [2.45, 2.75) is 6.92 Å². The van der Waals surface area contributed by atoms with Gasteiger partial charge in [-0.05, 0) is 42.8 Å². The van der Waals surface area contributed by atoms with Crippen molar-refractivity contribution in [1.82, 2.24) is 15.0 Å². The van der Waals surface area contributed by atoms with Gasteiger partial charge in [0.15, 0.2) is 0 Å². The van der Waals surface area contributed by atoms with Crippen molar-refractivity contribution < 1.29 is 4.79 Å². The lowest BCUT2D eigenvalue weighted by molar-refractivity contribution is 0.102. The number of aryl methyl sites for hydroxylation is 1. The fourth-order valence-electron chi connectivity index (χ4n) is 2.85. The van der Waals surface area contributed by atoms with Gasteiger partial charge in [-0.1, -0.05) is 29.8 Å². The van der Waals surface area contributed by atoms with Crippen molar-refractivity contribution in [1.29, 1.82) is 0 Å². The summed E-state index contributed by atoms with van der Waals surface area (Å²) in [6.45, 7) is 1.88. The maximum atomic E-state index is 12.6. The number of para-hydroxylation sites is 1. The first-order valence-corrected chi connectivity index (χ1v) is 8.98. The van der Waals surface area contributed by atoms with Gasteiger partial charge in [-0.15, -0.1) is 0 Å². The van der Waals surface area contributed by atoms with Crippen LogP contribution in [0.5, 0.6) is 0 Å². The lowest BCUT2D eigenvalue weighted by Crippen LogP contribution is -2.15. The van der Waals surface area contributed by atoms with Gasteiger partial charge in [0.1, 0.15) is 17.8 Å². The van der Waals surface area contributed by atoms with Gasteiger partial charge in [-0.3, -0.25) is 9.78 Å². The first kappa shape index (κ1) is 17.9. The van der Waals surface area contributed by atoms with Crippen LogP contribution in [-0.2, 0) is 0 Å². The van der Waals surface area contributed by atoms with Crippen molar-refractivity contribution in [2.24, 2.45) is 0 Å². The van der Waals surface area contributed by atoms with Gasteiger partial charge in [0.2, 0.25) is 0 Å². The molecule has 0 bridgehead atoms. The third-order valence-electron chi connectivity index (χ3n) is 4.23. The van der Waals surface area contributed by atoms with E-state index in [1.54, 1.807) is 30.5 Å². The second-order valence-corrected chi connectivity index (χ2v) is 6.64. The summed E-state index contributed by atoms with van der Waals surface area (Å²) in [7, 11) is 0. The van der Waals surface area contributed by atoms with Crippen LogP contribution in [0, 0.1) is 6.92 Å². The molecular weight excluding hydrogens is 374 g/mol. The first-order chi connectivity index (χ1) is 13.6. The Hall–Kier alpha value is -3.51. The van der Waals surface area contributed by atoms with E-state index >= 15 is 0 Å². The predicted octanol–water partition coefficient (Wildman–Crippen LogP) is 4.98. The summed E-state index contributed by atoms with van der Waals surface area (Å²) in [5.41, 5.74) is 3.43. The van der Waals surface area contributed by atoms with Gasteiger partial charge in [0.25, 0.3) is 5.91 Å². The topological polar surface area (TPSA) is 79.8 Å². The maximum absolute atomic E-state index is 12.6. The Balaban J connectivity index is 1.58. The van der Waals surface area contributed by atoms with E-state index in [0.29, 0.717) is 16.5 Å². The molecule has 0 atom stereocenters. The van der Waals surface area contributed by atoms with E-state index in [1.807, 2.05) is 37.3 Å². The smallest absolute Gasteiger partial charge is 0.274 e. The molecule has 1 amide bonds. The second-order valence-electron chi connectivity index (χ2n) is 6.21. The van der Waals surface area contributed by atoms with Crippen molar-refractivity contribution in [3.05, 3.63) is 83.4 Å². The number of amides is 1. The molecule has 0 saturated carbocycles. The molecule has 2 N–H and O–H groups in total. The summed E-state index contributed by atoms with van der Waals surface area (Å²) in [6, 6.07) is 16.6. The van der Waals surface area contributed by atoms with Crippen LogP contribution < -0.4 is 10.6 Å². The number of rotatable bonds is 4. The molecule has 0 radical (unpaired) electrons. The number of anilines is 3. The minimum absolute atomic E-state index is 0.250. The van der Waals surface area contributed by atoms with Gasteiger partial charge >= 0.3 is 0 Å². The number of nitrogens with one attached hydrogen (secondary N) is 2. The molecular formula is C21H16ClN5O. The molecule has 0 fully saturated rings. The SMILES string of the molecule is Cc1cc(Cl)ccc1NC(=O)c1cc(Nc2cccc3cccnc23)ncn1. The van der Waals surface area contributed by atoms with E-state index in [1.165, 1.54) is 6.33 Å². The van der Waals surface area contributed by atoms with Crippen LogP contribution in [0.1, 0.15) is 16.1 Å². The van der Waals surface area contributed by atoms with E-state index in [-0.39, 0.29) is 11.6 Å². The van der Waals surface area contributed by atoms with Crippen LogP contribution in [0.15, 0.2) is 67.1 Å². The molecule has 6 nitrogen and oxygen atoms in total. The standard InChI is InChI=1S/C21H16ClN5O/c1-13-10-15(22)7-8-16(13)27-21(28)18-11-19(25-12-24-18)26-17-6-2-4-14-5-3-9-23-20(14)17/h2-12H,1H3,(H,27,28)(H,24,25,26). The Kier molecular flexibility index (Phi) is 4.87. The number of carbonyl (C=O) groups is 1. The predicted molar refractivity (Wildman–Crippen MR) is 111 cm³/mol. The average Bonchev–Trinajstić information content (AvgIpc) is 2.70. The summed E-state index contributed by atoms with van der Waals surface area (Å²) in [5, 5.41) is 7.69. The van der Waals surface area contributed by atoms with Crippen LogP contribution in [-0.4, -0.2) is 20.9 Å². The van der Waals surface area contributed by atoms with Crippen LogP contribution >= 0.6 is 11.6 Å². The lowest BCUT2D eigenvalue weighted by Gasteiger charge is -2.10. The Bertz CT molecular complexity index is 1170. The molecule has 7 heteroatoms. The molecule has 0 spiro atoms. The van der Waals surface area contributed by atoms with Gasteiger partial charge < -0.3 is 10.6 Å². The minimum atomic E-state index is -0.327. The Morgan fingerprint density at radius 1 is 0.964 bits per heavy atom. The van der Waals surface area contributed by atoms with Gasteiger partial charge in [0.05, 0.1) is 11.2 Å². The maximum Gasteiger partial charge on any atom is 0.274 e. The molecule has 2 aromatic heterocycles. The van der Waals surface area contributed by atoms with Crippen molar-refractivity contribution in [3.63, 3.8) is 0 Å². The summed E-state index contributed by atoms with van der Waals surface area (Å²) in [6.07, 6.45) is 3.09. The van der Waals surface area contributed by atoms with Crippen LogP contribution in [0.4, 0.5) is 17.2 Å². The Morgan fingerprint density at radius 2 is 1.82 bits per heavy atom. The fourth-order valence-corrected chi connectivity index (χ4v) is 3.07. The zero-order chi connectivity index (χ0) is 19.5. The van der Waals surface area contributed by atoms with Crippen molar-refractivity contribution in [3.8, 4) is 0 Å². The van der Waals surface area contributed by atoms with Gasteiger partial charge in [-0.2, -0.15) is 0 Å². The number of aromatic nitrogens is 3. The molecule has 4 aromatic rings. The molecule has 0 saturated heterocycles. The number of benzene rings is 2. The van der Waals surface area contributed by atoms with Gasteiger partial charge in [-0.25, -0.2) is 9.97 Å². The quantitative estimate of drug-likeness (QED) is 0.514. The highest BCUT2D eigenvalue weighted by Crippen LogP contribution is 2.24. The van der Waals surface area contributed by atoms with E-state index in [4.69, 9.17) is 11.6 Å². The molecule has 4 rings (SSSR count). The van der Waals surface area contributed by atoms with E-state index in [2.05, 4.69) is 25.6 Å². The summed E-state index contributed by atoms with van der Waals surface area (Å²) >= 11 is 5.96. The van der Waals surface area contributed by atoms with E-state index in [9.17, 15) is 4.79 Å². The number of fused-ring (bicyclic) bond motifs is 1. The van der Waals surface area contributed by atoms with Crippen LogP contribution in [0.2, 0.25) is 5.02 Å². The summed E-state index contributed by atoms with van der Waals surface area (Å²) in [5.74, 6) is 0.179. The number of carbonyl (C=O) groups excluding carboxylic acids is 1. The molecule has 2 heterocycles. The fraction of sp³-hybridized carbons (Fsp3) is 0.0476. The molecule has 28 heavy (non-hydrogen) atoms. The number of pyridine rings is 1. The molecule has 0 aliphatic heterocycles. The van der Waals surface area contributed by atoms with E-state index < -0.39 is 0 Å².